The summed E-state index contributed by atoms with van der Waals surface area (Å²) in [4.78, 5) is 0. The lowest BCUT2D eigenvalue weighted by Gasteiger charge is -2.23. The standard InChI is InChI=1S/C17H11F9/c1-8-3-4-10(11(5-8)15(18,19)20)14-12(16(21,22)23)6-9(2)7-13(14)17(24,25)26/h3-7H,1-2H3. The molecule has 0 aromatic heterocycles. The van der Waals surface area contributed by atoms with Crippen LogP contribution in [0, 0.1) is 13.8 Å². The zero-order chi connectivity index (χ0) is 20.1. The molecule has 0 bridgehead atoms. The van der Waals surface area contributed by atoms with Crippen molar-refractivity contribution < 1.29 is 39.5 Å². The lowest BCUT2D eigenvalue weighted by Crippen LogP contribution is -2.17. The summed E-state index contributed by atoms with van der Waals surface area (Å²) in [6, 6.07) is 3.00. The van der Waals surface area contributed by atoms with Crippen LogP contribution in [0.5, 0.6) is 0 Å². The minimum atomic E-state index is -5.27. The van der Waals surface area contributed by atoms with Gasteiger partial charge in [0.05, 0.1) is 16.7 Å². The van der Waals surface area contributed by atoms with Crippen LogP contribution in [0.15, 0.2) is 30.3 Å². The average molecular weight is 386 g/mol. The first-order valence-corrected chi connectivity index (χ1v) is 7.09. The van der Waals surface area contributed by atoms with E-state index in [1.54, 1.807) is 0 Å². The van der Waals surface area contributed by atoms with Crippen molar-refractivity contribution in [1.29, 1.82) is 0 Å². The van der Waals surface area contributed by atoms with Gasteiger partial charge in [0.2, 0.25) is 0 Å². The van der Waals surface area contributed by atoms with E-state index in [0.29, 0.717) is 24.3 Å². The van der Waals surface area contributed by atoms with E-state index in [1.807, 2.05) is 0 Å². The monoisotopic (exact) mass is 386 g/mol. The van der Waals surface area contributed by atoms with E-state index in [-0.39, 0.29) is 11.1 Å². The van der Waals surface area contributed by atoms with Crippen molar-refractivity contribution in [3.8, 4) is 11.1 Å². The SMILES string of the molecule is Cc1ccc(-c2c(C(F)(F)F)cc(C)cc2C(F)(F)F)c(C(F)(F)F)c1. The fourth-order valence-electron chi connectivity index (χ4n) is 2.63. The van der Waals surface area contributed by atoms with Gasteiger partial charge in [-0.2, -0.15) is 39.5 Å². The predicted octanol–water partition coefficient (Wildman–Crippen LogP) is 7.03. The third-order valence-corrected chi connectivity index (χ3v) is 3.64. The number of halogens is 9. The van der Waals surface area contributed by atoms with E-state index in [4.69, 9.17) is 0 Å². The summed E-state index contributed by atoms with van der Waals surface area (Å²) in [5.74, 6) is 0. The largest absolute Gasteiger partial charge is 0.417 e. The lowest BCUT2D eigenvalue weighted by atomic mass is 9.88. The van der Waals surface area contributed by atoms with Gasteiger partial charge in [0.25, 0.3) is 0 Å². The summed E-state index contributed by atoms with van der Waals surface area (Å²) in [7, 11) is 0. The lowest BCUT2D eigenvalue weighted by molar-refractivity contribution is -0.143. The van der Waals surface area contributed by atoms with E-state index in [0.717, 1.165) is 13.0 Å². The van der Waals surface area contributed by atoms with Crippen LogP contribution in [0.2, 0.25) is 0 Å². The van der Waals surface area contributed by atoms with Gasteiger partial charge >= 0.3 is 18.5 Å². The molecule has 0 atom stereocenters. The van der Waals surface area contributed by atoms with Gasteiger partial charge in [-0.15, -0.1) is 0 Å². The number of rotatable bonds is 1. The maximum Gasteiger partial charge on any atom is 0.417 e. The molecule has 0 amide bonds. The molecule has 2 aromatic rings. The van der Waals surface area contributed by atoms with Crippen LogP contribution in [0.25, 0.3) is 11.1 Å². The summed E-state index contributed by atoms with van der Waals surface area (Å²) >= 11 is 0. The highest BCUT2D eigenvalue weighted by molar-refractivity contribution is 5.76. The molecule has 0 fully saturated rings. The molecule has 0 unspecified atom stereocenters. The minimum absolute atomic E-state index is 0.0512. The van der Waals surface area contributed by atoms with Crippen molar-refractivity contribution in [2.75, 3.05) is 0 Å². The first-order valence-electron chi connectivity index (χ1n) is 7.09. The zero-order valence-corrected chi connectivity index (χ0v) is 13.3. The van der Waals surface area contributed by atoms with Crippen molar-refractivity contribution in [3.05, 3.63) is 58.1 Å². The van der Waals surface area contributed by atoms with Crippen molar-refractivity contribution in [2.45, 2.75) is 32.4 Å². The number of alkyl halides is 9. The van der Waals surface area contributed by atoms with Crippen LogP contribution in [0.3, 0.4) is 0 Å². The van der Waals surface area contributed by atoms with Crippen molar-refractivity contribution in [1.82, 2.24) is 0 Å². The Kier molecular flexibility index (Phi) is 4.80. The highest BCUT2D eigenvalue weighted by atomic mass is 19.4. The molecule has 9 heteroatoms. The summed E-state index contributed by atoms with van der Waals surface area (Å²) in [5.41, 5.74) is -8.09. The number of aryl methyl sites for hydroxylation is 2. The third kappa shape index (κ3) is 3.96. The minimum Gasteiger partial charge on any atom is -0.166 e. The molecule has 142 valence electrons. The van der Waals surface area contributed by atoms with Crippen molar-refractivity contribution >= 4 is 0 Å². The van der Waals surface area contributed by atoms with Crippen LogP contribution in [-0.2, 0) is 18.5 Å². The quantitative estimate of drug-likeness (QED) is 0.462. The Bertz CT molecular complexity index is 789. The van der Waals surface area contributed by atoms with E-state index in [2.05, 4.69) is 0 Å². The van der Waals surface area contributed by atoms with Crippen LogP contribution in [0.1, 0.15) is 27.8 Å². The molecule has 0 radical (unpaired) electrons. The normalized spacial score (nSPS) is 13.2. The molecule has 0 saturated carbocycles. The molecule has 0 aliphatic rings. The summed E-state index contributed by atoms with van der Waals surface area (Å²) in [6.07, 6.45) is -15.7. The second-order valence-electron chi connectivity index (χ2n) is 5.78. The molecule has 0 N–H and O–H groups in total. The molecule has 0 aliphatic carbocycles. The molecular weight excluding hydrogens is 375 g/mol. The predicted molar refractivity (Wildman–Crippen MR) is 76.4 cm³/mol. The molecule has 0 heterocycles. The highest BCUT2D eigenvalue weighted by Crippen LogP contribution is 2.48. The maximum absolute atomic E-state index is 13.3. The van der Waals surface area contributed by atoms with Crippen LogP contribution >= 0.6 is 0 Å². The van der Waals surface area contributed by atoms with Crippen LogP contribution in [0.4, 0.5) is 39.5 Å². The van der Waals surface area contributed by atoms with Crippen LogP contribution < -0.4 is 0 Å². The van der Waals surface area contributed by atoms with E-state index in [9.17, 15) is 39.5 Å². The molecule has 2 rings (SSSR count). The molecule has 0 saturated heterocycles. The fraction of sp³-hybridized carbons (Fsp3) is 0.294. The Labute approximate surface area is 142 Å². The first-order chi connectivity index (χ1) is 11.6. The summed E-state index contributed by atoms with van der Waals surface area (Å²) in [5, 5.41) is 0. The molecule has 0 nitrogen and oxygen atoms in total. The molecule has 2 aromatic carbocycles. The van der Waals surface area contributed by atoms with E-state index < -0.39 is 46.3 Å². The fourth-order valence-corrected chi connectivity index (χ4v) is 2.63. The van der Waals surface area contributed by atoms with E-state index in [1.165, 1.54) is 6.92 Å². The molecule has 0 aliphatic heterocycles. The highest BCUT2D eigenvalue weighted by Gasteiger charge is 2.44. The number of hydrogen-bond donors (Lipinski definition) is 0. The third-order valence-electron chi connectivity index (χ3n) is 3.64. The summed E-state index contributed by atoms with van der Waals surface area (Å²) in [6.45, 7) is 2.26. The van der Waals surface area contributed by atoms with Gasteiger partial charge in [0.1, 0.15) is 0 Å². The van der Waals surface area contributed by atoms with E-state index >= 15 is 0 Å². The zero-order valence-electron chi connectivity index (χ0n) is 13.3. The van der Waals surface area contributed by atoms with Crippen molar-refractivity contribution in [3.63, 3.8) is 0 Å². The van der Waals surface area contributed by atoms with Gasteiger partial charge in [-0.05, 0) is 43.2 Å². The smallest absolute Gasteiger partial charge is 0.166 e. The first kappa shape index (κ1) is 20.1. The Hall–Kier alpha value is -2.19. The molecule has 26 heavy (non-hydrogen) atoms. The second kappa shape index (κ2) is 6.21. The van der Waals surface area contributed by atoms with Gasteiger partial charge in [-0.3, -0.25) is 0 Å². The van der Waals surface area contributed by atoms with Crippen molar-refractivity contribution in [2.24, 2.45) is 0 Å². The molecule has 0 spiro atoms. The average Bonchev–Trinajstić information content (AvgIpc) is 2.44. The van der Waals surface area contributed by atoms with Gasteiger partial charge in [-0.25, -0.2) is 0 Å². The topological polar surface area (TPSA) is 0 Å². The number of benzene rings is 2. The Balaban J connectivity index is 3.03. The van der Waals surface area contributed by atoms with Gasteiger partial charge in [0, 0.05) is 5.56 Å². The molecular formula is C17H11F9. The van der Waals surface area contributed by atoms with Gasteiger partial charge < -0.3 is 0 Å². The Morgan fingerprint density at radius 1 is 0.538 bits per heavy atom. The second-order valence-corrected chi connectivity index (χ2v) is 5.78. The number of hydrogen-bond acceptors (Lipinski definition) is 0. The van der Waals surface area contributed by atoms with Gasteiger partial charge in [0.15, 0.2) is 0 Å². The van der Waals surface area contributed by atoms with Crippen LogP contribution in [-0.4, -0.2) is 0 Å². The summed E-state index contributed by atoms with van der Waals surface area (Å²) < 4.78 is 120. The maximum atomic E-state index is 13.3. The van der Waals surface area contributed by atoms with Gasteiger partial charge in [-0.1, -0.05) is 17.7 Å². The Morgan fingerprint density at radius 2 is 0.923 bits per heavy atom. The Morgan fingerprint density at radius 3 is 1.31 bits per heavy atom.